The molecule has 0 bridgehead atoms. The first-order valence-corrected chi connectivity index (χ1v) is 12.5. The summed E-state index contributed by atoms with van der Waals surface area (Å²) in [4.78, 5) is 8.03. The lowest BCUT2D eigenvalue weighted by molar-refractivity contribution is -0.0121. The van der Waals surface area contributed by atoms with Crippen molar-refractivity contribution in [2.75, 3.05) is 20.3 Å². The summed E-state index contributed by atoms with van der Waals surface area (Å²) in [5, 5.41) is 9.45. The molecule has 4 heterocycles. The summed E-state index contributed by atoms with van der Waals surface area (Å²) in [5.74, 6) is 1.73. The van der Waals surface area contributed by atoms with Crippen molar-refractivity contribution in [2.45, 2.75) is 63.5 Å². The number of hydrogen-bond acceptors (Lipinski definition) is 5. The molecule has 6 rings (SSSR count). The Morgan fingerprint density at radius 3 is 2.65 bits per heavy atom. The number of ether oxygens (including phenoxy) is 2. The Balaban J connectivity index is 1.33. The number of methoxy groups -OCH3 is 1. The fourth-order valence-corrected chi connectivity index (χ4v) is 5.75. The van der Waals surface area contributed by atoms with Gasteiger partial charge in [0.15, 0.2) is 11.4 Å². The Bertz CT molecular complexity index is 1310. The van der Waals surface area contributed by atoms with Gasteiger partial charge < -0.3 is 19.8 Å². The van der Waals surface area contributed by atoms with Gasteiger partial charge in [-0.1, -0.05) is 19.9 Å². The molecule has 1 aliphatic carbocycles. The highest BCUT2D eigenvalue weighted by Gasteiger charge is 2.27. The minimum atomic E-state index is 0.376. The summed E-state index contributed by atoms with van der Waals surface area (Å²) in [6.45, 7) is 6.29. The van der Waals surface area contributed by atoms with Crippen LogP contribution in [-0.2, 0) is 4.74 Å². The molecule has 2 fully saturated rings. The van der Waals surface area contributed by atoms with Gasteiger partial charge in [0, 0.05) is 28.7 Å². The summed E-state index contributed by atoms with van der Waals surface area (Å²) >= 11 is 0. The largest absolute Gasteiger partial charge is 0.493 e. The molecular formula is C27H33N5O2. The van der Waals surface area contributed by atoms with Gasteiger partial charge in [-0.05, 0) is 66.8 Å². The molecule has 1 aliphatic heterocycles. The Labute approximate surface area is 199 Å². The summed E-state index contributed by atoms with van der Waals surface area (Å²) in [6, 6.07) is 10.3. The number of pyridine rings is 1. The second-order valence-corrected chi connectivity index (χ2v) is 10.1. The Kier molecular flexibility index (Phi) is 5.54. The predicted octanol–water partition coefficient (Wildman–Crippen LogP) is 5.02. The van der Waals surface area contributed by atoms with Crippen LogP contribution in [0.2, 0.25) is 0 Å². The smallest absolute Gasteiger partial charge is 0.197 e. The lowest BCUT2D eigenvalue weighted by Gasteiger charge is -2.35. The van der Waals surface area contributed by atoms with Gasteiger partial charge in [-0.15, -0.1) is 0 Å². The third-order valence-electron chi connectivity index (χ3n) is 7.60. The molecule has 0 radical (unpaired) electrons. The lowest BCUT2D eigenvalue weighted by Crippen LogP contribution is -2.51. The first kappa shape index (κ1) is 21.6. The number of aromatic amines is 1. The van der Waals surface area contributed by atoms with Gasteiger partial charge >= 0.3 is 0 Å². The third-order valence-corrected chi connectivity index (χ3v) is 7.60. The fourth-order valence-electron chi connectivity index (χ4n) is 5.75. The van der Waals surface area contributed by atoms with Crippen LogP contribution in [0.4, 0.5) is 0 Å². The van der Waals surface area contributed by atoms with Crippen molar-refractivity contribution in [1.82, 2.24) is 24.9 Å². The van der Waals surface area contributed by atoms with Gasteiger partial charge in [0.2, 0.25) is 0 Å². The van der Waals surface area contributed by atoms with Crippen molar-refractivity contribution in [2.24, 2.45) is 0 Å². The normalized spacial score (nSPS) is 21.4. The topological polar surface area (TPSA) is 76.5 Å². The molecule has 2 aliphatic rings. The molecule has 7 heteroatoms. The quantitative estimate of drug-likeness (QED) is 0.423. The van der Waals surface area contributed by atoms with Crippen molar-refractivity contribution in [3.63, 3.8) is 0 Å². The van der Waals surface area contributed by atoms with Crippen molar-refractivity contribution < 1.29 is 9.47 Å². The molecule has 1 saturated heterocycles. The van der Waals surface area contributed by atoms with Crippen molar-refractivity contribution >= 4 is 16.6 Å². The number of aromatic nitrogens is 4. The molecule has 1 aromatic carbocycles. The maximum Gasteiger partial charge on any atom is 0.197 e. The van der Waals surface area contributed by atoms with Gasteiger partial charge in [0.1, 0.15) is 6.33 Å². The average molecular weight is 460 g/mol. The van der Waals surface area contributed by atoms with Crippen molar-refractivity contribution in [3.8, 4) is 17.0 Å². The number of benzene rings is 1. The number of hydrogen-bond donors (Lipinski definition) is 2. The van der Waals surface area contributed by atoms with Crippen LogP contribution in [-0.4, -0.2) is 52.0 Å². The molecule has 2 N–H and O–H groups in total. The Morgan fingerprint density at radius 1 is 1.12 bits per heavy atom. The summed E-state index contributed by atoms with van der Waals surface area (Å²) in [6.07, 6.45) is 8.56. The van der Waals surface area contributed by atoms with Gasteiger partial charge in [0.25, 0.3) is 0 Å². The first-order chi connectivity index (χ1) is 16.6. The maximum absolute atomic E-state index is 5.61. The van der Waals surface area contributed by atoms with E-state index >= 15 is 0 Å². The summed E-state index contributed by atoms with van der Waals surface area (Å²) in [7, 11) is 1.68. The monoisotopic (exact) mass is 459 g/mol. The van der Waals surface area contributed by atoms with Crippen LogP contribution in [0.5, 0.6) is 5.75 Å². The molecule has 7 nitrogen and oxygen atoms in total. The van der Waals surface area contributed by atoms with Gasteiger partial charge in [0.05, 0.1) is 32.1 Å². The fraction of sp³-hybridized carbons (Fsp3) is 0.481. The zero-order chi connectivity index (χ0) is 23.2. The number of nitrogens with one attached hydrogen (secondary N) is 2. The molecular weight excluding hydrogens is 426 g/mol. The molecule has 0 spiro atoms. The van der Waals surface area contributed by atoms with E-state index in [1.807, 2.05) is 6.20 Å². The van der Waals surface area contributed by atoms with Gasteiger partial charge in [-0.3, -0.25) is 0 Å². The van der Waals surface area contributed by atoms with E-state index in [1.54, 1.807) is 18.0 Å². The SMILES string of the molecule is COc1cc(-c2[nH]c3ccc(C4CCC(NC5COC5)CC4)cc3c2C(C)C)cn2ncnc12. The molecule has 0 amide bonds. The maximum atomic E-state index is 5.61. The number of rotatable bonds is 6. The second kappa shape index (κ2) is 8.71. The van der Waals surface area contributed by atoms with Crippen molar-refractivity contribution in [1.29, 1.82) is 0 Å². The Hall–Kier alpha value is -2.90. The van der Waals surface area contributed by atoms with E-state index in [9.17, 15) is 0 Å². The molecule has 178 valence electrons. The van der Waals surface area contributed by atoms with E-state index in [0.29, 0.717) is 23.9 Å². The molecule has 34 heavy (non-hydrogen) atoms. The molecule has 0 atom stereocenters. The van der Waals surface area contributed by atoms with Crippen LogP contribution in [0.3, 0.4) is 0 Å². The standard InChI is InChI=1S/C27H33N5O2/c1-16(2)25-22-10-18(17-4-7-20(8-5-17)30-21-13-34-14-21)6-9-23(22)31-26(25)19-11-24(33-3)27-28-15-29-32(27)12-19/h6,9-12,15-17,20-21,30-31H,4-5,7-8,13-14H2,1-3H3. The summed E-state index contributed by atoms with van der Waals surface area (Å²) in [5.41, 5.74) is 6.91. The molecule has 4 aromatic rings. The minimum Gasteiger partial charge on any atom is -0.493 e. The number of H-pyrrole nitrogens is 1. The van der Waals surface area contributed by atoms with Crippen LogP contribution in [0.25, 0.3) is 27.8 Å². The van der Waals surface area contributed by atoms with E-state index in [0.717, 1.165) is 35.9 Å². The second-order valence-electron chi connectivity index (χ2n) is 10.1. The number of fused-ring (bicyclic) bond motifs is 2. The van der Waals surface area contributed by atoms with Crippen LogP contribution >= 0.6 is 0 Å². The highest BCUT2D eigenvalue weighted by molar-refractivity contribution is 5.92. The van der Waals surface area contributed by atoms with E-state index in [1.165, 1.54) is 47.7 Å². The van der Waals surface area contributed by atoms with Crippen LogP contribution in [0.1, 0.15) is 62.5 Å². The minimum absolute atomic E-state index is 0.376. The first-order valence-electron chi connectivity index (χ1n) is 12.5. The highest BCUT2D eigenvalue weighted by Crippen LogP contribution is 2.40. The zero-order valence-corrected chi connectivity index (χ0v) is 20.2. The van der Waals surface area contributed by atoms with E-state index in [2.05, 4.69) is 58.5 Å². The Morgan fingerprint density at radius 2 is 1.94 bits per heavy atom. The van der Waals surface area contributed by atoms with Crippen LogP contribution in [0.15, 0.2) is 36.8 Å². The summed E-state index contributed by atoms with van der Waals surface area (Å²) < 4.78 is 12.7. The lowest BCUT2D eigenvalue weighted by atomic mass is 9.81. The predicted molar refractivity (Wildman–Crippen MR) is 134 cm³/mol. The van der Waals surface area contributed by atoms with Gasteiger partial charge in [-0.25, -0.2) is 9.50 Å². The highest BCUT2D eigenvalue weighted by atomic mass is 16.5. The van der Waals surface area contributed by atoms with Crippen LogP contribution in [0, 0.1) is 0 Å². The van der Waals surface area contributed by atoms with Crippen LogP contribution < -0.4 is 10.1 Å². The third kappa shape index (κ3) is 3.77. The molecule has 1 saturated carbocycles. The number of nitrogens with zero attached hydrogens (tertiary/aromatic N) is 3. The van der Waals surface area contributed by atoms with E-state index in [-0.39, 0.29) is 0 Å². The van der Waals surface area contributed by atoms with Crippen molar-refractivity contribution in [3.05, 3.63) is 47.9 Å². The average Bonchev–Trinajstić information content (AvgIpc) is 3.45. The molecule has 3 aromatic heterocycles. The van der Waals surface area contributed by atoms with E-state index < -0.39 is 0 Å². The zero-order valence-electron chi connectivity index (χ0n) is 20.2. The van der Waals surface area contributed by atoms with Gasteiger partial charge in [-0.2, -0.15) is 5.10 Å². The van der Waals surface area contributed by atoms with E-state index in [4.69, 9.17) is 9.47 Å². The molecule has 0 unspecified atom stereocenters.